The summed E-state index contributed by atoms with van der Waals surface area (Å²) in [4.78, 5) is 7.51. The fraction of sp³-hybridized carbons (Fsp3) is 0.667. The van der Waals surface area contributed by atoms with Crippen LogP contribution in [0.1, 0.15) is 31.2 Å². The van der Waals surface area contributed by atoms with Gasteiger partial charge in [0, 0.05) is 31.6 Å². The quantitative estimate of drug-likeness (QED) is 0.414. The second-order valence-electron chi connectivity index (χ2n) is 5.94. The Hall–Kier alpha value is -0.0500. The summed E-state index contributed by atoms with van der Waals surface area (Å²) < 4.78 is 0.701. The molecular weight excluding hydrogens is 433 g/mol. The van der Waals surface area contributed by atoms with Crippen molar-refractivity contribution in [1.82, 2.24) is 10.2 Å². The Morgan fingerprint density at radius 2 is 2.09 bits per heavy atom. The molecular formula is C15H25ClIN3OS. The first kappa shape index (κ1) is 20.0. The molecule has 7 heteroatoms. The molecule has 1 aliphatic heterocycles. The lowest BCUT2D eigenvalue weighted by Gasteiger charge is -2.37. The lowest BCUT2D eigenvalue weighted by molar-refractivity contribution is 0.177. The molecule has 0 spiro atoms. The molecule has 4 nitrogen and oxygen atoms in total. The Kier molecular flexibility index (Phi) is 8.45. The number of guanidine groups is 1. The molecule has 0 saturated carbocycles. The molecule has 0 radical (unpaired) electrons. The van der Waals surface area contributed by atoms with Crippen molar-refractivity contribution in [1.29, 1.82) is 0 Å². The Labute approximate surface area is 159 Å². The monoisotopic (exact) mass is 457 g/mol. The van der Waals surface area contributed by atoms with Gasteiger partial charge in [-0.1, -0.05) is 25.4 Å². The summed E-state index contributed by atoms with van der Waals surface area (Å²) in [7, 11) is 1.79. The van der Waals surface area contributed by atoms with Crippen molar-refractivity contribution in [2.45, 2.75) is 26.4 Å². The number of hydrogen-bond acceptors (Lipinski definition) is 3. The van der Waals surface area contributed by atoms with Gasteiger partial charge in [-0.3, -0.25) is 4.99 Å². The molecule has 0 bridgehead atoms. The fourth-order valence-corrected chi connectivity index (χ4v) is 4.01. The van der Waals surface area contributed by atoms with E-state index >= 15 is 0 Å². The first-order chi connectivity index (χ1) is 9.99. The summed E-state index contributed by atoms with van der Waals surface area (Å²) in [6.07, 6.45) is 0.711. The van der Waals surface area contributed by atoms with E-state index in [1.807, 2.05) is 12.1 Å². The van der Waals surface area contributed by atoms with Crippen LogP contribution in [0.5, 0.6) is 0 Å². The van der Waals surface area contributed by atoms with Crippen molar-refractivity contribution in [3.63, 3.8) is 0 Å². The van der Waals surface area contributed by atoms with Crippen molar-refractivity contribution < 1.29 is 5.11 Å². The molecule has 126 valence electrons. The molecule has 2 N–H and O–H groups in total. The van der Waals surface area contributed by atoms with Crippen LogP contribution in [-0.4, -0.2) is 42.6 Å². The standard InChI is InChI=1S/C15H24ClN3OS.HI/c1-10-6-11(2)9-19(8-10)15(17-3)18-7-12(20)13-4-5-14(16)21-13;/h4-5,10-12,20H,6-9H2,1-3H3,(H,17,18);1H. The Balaban J connectivity index is 0.00000242. The molecule has 2 heterocycles. The predicted molar refractivity (Wildman–Crippen MR) is 106 cm³/mol. The average molecular weight is 458 g/mol. The number of likely N-dealkylation sites (tertiary alicyclic amines) is 1. The zero-order valence-corrected chi connectivity index (χ0v) is 17.2. The summed E-state index contributed by atoms with van der Waals surface area (Å²) >= 11 is 7.32. The van der Waals surface area contributed by atoms with Gasteiger partial charge in [-0.2, -0.15) is 0 Å². The summed E-state index contributed by atoms with van der Waals surface area (Å²) in [5.74, 6) is 2.22. The SMILES string of the molecule is CN=C(NCC(O)c1ccc(Cl)s1)N1CC(C)CC(C)C1.I. The van der Waals surface area contributed by atoms with Gasteiger partial charge >= 0.3 is 0 Å². The molecule has 3 atom stereocenters. The van der Waals surface area contributed by atoms with Crippen molar-refractivity contribution >= 4 is 52.9 Å². The molecule has 1 aliphatic rings. The number of nitrogens with zero attached hydrogens (tertiary/aromatic N) is 2. The van der Waals surface area contributed by atoms with Crippen LogP contribution in [0, 0.1) is 11.8 Å². The van der Waals surface area contributed by atoms with E-state index in [2.05, 4.69) is 29.1 Å². The number of rotatable bonds is 3. The van der Waals surface area contributed by atoms with Crippen LogP contribution in [0.3, 0.4) is 0 Å². The van der Waals surface area contributed by atoms with Gasteiger partial charge < -0.3 is 15.3 Å². The summed E-state index contributed by atoms with van der Waals surface area (Å²) in [5.41, 5.74) is 0. The van der Waals surface area contributed by atoms with E-state index < -0.39 is 6.10 Å². The van der Waals surface area contributed by atoms with Crippen molar-refractivity contribution in [2.75, 3.05) is 26.7 Å². The minimum atomic E-state index is -0.557. The molecule has 22 heavy (non-hydrogen) atoms. The van der Waals surface area contributed by atoms with E-state index in [1.165, 1.54) is 17.8 Å². The van der Waals surface area contributed by atoms with E-state index in [-0.39, 0.29) is 24.0 Å². The Bertz CT molecular complexity index is 487. The zero-order valence-electron chi connectivity index (χ0n) is 13.3. The van der Waals surface area contributed by atoms with Crippen molar-refractivity contribution in [3.05, 3.63) is 21.3 Å². The smallest absolute Gasteiger partial charge is 0.193 e. The molecule has 1 saturated heterocycles. The largest absolute Gasteiger partial charge is 0.386 e. The minimum Gasteiger partial charge on any atom is -0.386 e. The van der Waals surface area contributed by atoms with Crippen LogP contribution in [0.2, 0.25) is 4.34 Å². The predicted octanol–water partition coefficient (Wildman–Crippen LogP) is 3.61. The molecule has 2 rings (SSSR count). The summed E-state index contributed by atoms with van der Waals surface area (Å²) in [6, 6.07) is 3.68. The fourth-order valence-electron chi connectivity index (χ4n) is 2.96. The maximum Gasteiger partial charge on any atom is 0.193 e. The second kappa shape index (κ2) is 9.30. The van der Waals surface area contributed by atoms with Gasteiger partial charge in [0.15, 0.2) is 5.96 Å². The first-order valence-corrected chi connectivity index (χ1v) is 8.58. The van der Waals surface area contributed by atoms with Crippen LogP contribution in [0.25, 0.3) is 0 Å². The number of hydrogen-bond donors (Lipinski definition) is 2. The van der Waals surface area contributed by atoms with Gasteiger partial charge in [0.05, 0.1) is 4.34 Å². The van der Waals surface area contributed by atoms with Gasteiger partial charge in [-0.15, -0.1) is 35.3 Å². The Morgan fingerprint density at radius 1 is 1.45 bits per heavy atom. The summed E-state index contributed by atoms with van der Waals surface area (Å²) in [5, 5.41) is 13.5. The number of aliphatic hydroxyl groups is 1. The highest BCUT2D eigenvalue weighted by molar-refractivity contribution is 14.0. The number of aliphatic imine (C=N–C) groups is 1. The van der Waals surface area contributed by atoms with E-state index in [0.29, 0.717) is 22.7 Å². The van der Waals surface area contributed by atoms with Crippen LogP contribution in [-0.2, 0) is 0 Å². The van der Waals surface area contributed by atoms with E-state index in [1.54, 1.807) is 7.05 Å². The molecule has 1 aromatic heterocycles. The van der Waals surface area contributed by atoms with E-state index in [9.17, 15) is 5.11 Å². The van der Waals surface area contributed by atoms with Crippen molar-refractivity contribution in [2.24, 2.45) is 16.8 Å². The molecule has 1 fully saturated rings. The maximum absolute atomic E-state index is 10.2. The first-order valence-electron chi connectivity index (χ1n) is 7.38. The van der Waals surface area contributed by atoms with Gasteiger partial charge in [-0.25, -0.2) is 0 Å². The number of halogens is 2. The number of aliphatic hydroxyl groups excluding tert-OH is 1. The third-order valence-electron chi connectivity index (χ3n) is 3.76. The summed E-state index contributed by atoms with van der Waals surface area (Å²) in [6.45, 7) is 7.04. The van der Waals surface area contributed by atoms with E-state index in [0.717, 1.165) is 23.9 Å². The molecule has 0 aliphatic carbocycles. The third-order valence-corrected chi connectivity index (χ3v) is 5.09. The number of thiophene rings is 1. The highest BCUT2D eigenvalue weighted by Crippen LogP contribution is 2.26. The van der Waals surface area contributed by atoms with Gasteiger partial charge in [-0.05, 0) is 30.4 Å². The van der Waals surface area contributed by atoms with Crippen LogP contribution in [0.15, 0.2) is 17.1 Å². The number of nitrogens with one attached hydrogen (secondary N) is 1. The van der Waals surface area contributed by atoms with Gasteiger partial charge in [0.2, 0.25) is 0 Å². The Morgan fingerprint density at radius 3 is 2.59 bits per heavy atom. The van der Waals surface area contributed by atoms with Crippen LogP contribution < -0.4 is 5.32 Å². The highest BCUT2D eigenvalue weighted by atomic mass is 127. The van der Waals surface area contributed by atoms with Gasteiger partial charge in [0.25, 0.3) is 0 Å². The third kappa shape index (κ3) is 5.54. The molecule has 1 aromatic rings. The van der Waals surface area contributed by atoms with Gasteiger partial charge in [0.1, 0.15) is 6.10 Å². The normalized spacial score (nSPS) is 23.9. The lowest BCUT2D eigenvalue weighted by Crippen LogP contribution is -2.49. The number of piperidine rings is 1. The lowest BCUT2D eigenvalue weighted by atomic mass is 9.92. The highest BCUT2D eigenvalue weighted by Gasteiger charge is 2.24. The molecule has 0 amide bonds. The zero-order chi connectivity index (χ0) is 15.4. The maximum atomic E-state index is 10.2. The van der Waals surface area contributed by atoms with E-state index in [4.69, 9.17) is 11.6 Å². The minimum absolute atomic E-state index is 0. The second-order valence-corrected chi connectivity index (χ2v) is 7.68. The van der Waals surface area contributed by atoms with Crippen molar-refractivity contribution in [3.8, 4) is 0 Å². The average Bonchev–Trinajstić information content (AvgIpc) is 2.85. The molecule has 0 aromatic carbocycles. The molecule has 3 unspecified atom stereocenters. The van der Waals surface area contributed by atoms with Crippen LogP contribution in [0.4, 0.5) is 0 Å². The topological polar surface area (TPSA) is 47.9 Å². The van der Waals surface area contributed by atoms with Crippen LogP contribution >= 0.6 is 46.9 Å².